The summed E-state index contributed by atoms with van der Waals surface area (Å²) in [5.74, 6) is -0.950. The maximum Gasteiger partial charge on any atom is 0.328 e. The SMILES string of the molecule is Cc1cc(-n2cc(Br)cn2)ccc1C=CC(=O)O. The summed E-state index contributed by atoms with van der Waals surface area (Å²) in [6, 6.07) is 5.73. The zero-order valence-electron chi connectivity index (χ0n) is 9.67. The molecular weight excluding hydrogens is 296 g/mol. The number of benzene rings is 1. The van der Waals surface area contributed by atoms with E-state index in [4.69, 9.17) is 5.11 Å². The van der Waals surface area contributed by atoms with E-state index in [0.717, 1.165) is 27.4 Å². The van der Waals surface area contributed by atoms with E-state index in [-0.39, 0.29) is 0 Å². The molecule has 1 N–H and O–H groups in total. The van der Waals surface area contributed by atoms with Crippen molar-refractivity contribution in [3.63, 3.8) is 0 Å². The Morgan fingerprint density at radius 1 is 1.50 bits per heavy atom. The molecule has 4 nitrogen and oxygen atoms in total. The maximum absolute atomic E-state index is 10.5. The van der Waals surface area contributed by atoms with Gasteiger partial charge in [-0.25, -0.2) is 9.48 Å². The summed E-state index contributed by atoms with van der Waals surface area (Å²) in [5, 5.41) is 12.8. The van der Waals surface area contributed by atoms with Crippen LogP contribution in [0.3, 0.4) is 0 Å². The van der Waals surface area contributed by atoms with Crippen molar-refractivity contribution in [2.75, 3.05) is 0 Å². The van der Waals surface area contributed by atoms with Crippen molar-refractivity contribution >= 4 is 28.0 Å². The number of aromatic nitrogens is 2. The molecule has 0 aliphatic heterocycles. The molecule has 1 heterocycles. The maximum atomic E-state index is 10.5. The first-order valence-electron chi connectivity index (χ1n) is 5.28. The van der Waals surface area contributed by atoms with Gasteiger partial charge in [-0.1, -0.05) is 6.07 Å². The van der Waals surface area contributed by atoms with Crippen LogP contribution in [0.25, 0.3) is 11.8 Å². The number of hydrogen-bond donors (Lipinski definition) is 1. The van der Waals surface area contributed by atoms with Crippen molar-refractivity contribution in [1.29, 1.82) is 0 Å². The Bertz CT molecular complexity index is 617. The van der Waals surface area contributed by atoms with Crippen LogP contribution in [0.1, 0.15) is 11.1 Å². The summed E-state index contributed by atoms with van der Waals surface area (Å²) >= 11 is 3.34. The van der Waals surface area contributed by atoms with Gasteiger partial charge in [-0.3, -0.25) is 0 Å². The van der Waals surface area contributed by atoms with E-state index < -0.39 is 5.97 Å². The minimum Gasteiger partial charge on any atom is -0.478 e. The number of hydrogen-bond acceptors (Lipinski definition) is 2. The van der Waals surface area contributed by atoms with E-state index in [1.165, 1.54) is 0 Å². The van der Waals surface area contributed by atoms with Crippen molar-refractivity contribution in [2.24, 2.45) is 0 Å². The van der Waals surface area contributed by atoms with E-state index in [2.05, 4.69) is 21.0 Å². The second kappa shape index (κ2) is 5.18. The highest BCUT2D eigenvalue weighted by Crippen LogP contribution is 2.17. The molecule has 92 valence electrons. The standard InChI is InChI=1S/C13H11BrN2O2/c1-9-6-12(16-8-11(14)7-15-16)4-2-10(9)3-5-13(17)18/h2-8H,1H3,(H,17,18). The highest BCUT2D eigenvalue weighted by Gasteiger charge is 2.02. The lowest BCUT2D eigenvalue weighted by molar-refractivity contribution is -0.131. The lowest BCUT2D eigenvalue weighted by atomic mass is 10.1. The van der Waals surface area contributed by atoms with Crippen molar-refractivity contribution in [1.82, 2.24) is 9.78 Å². The predicted octanol–water partition coefficient (Wildman–Crippen LogP) is 3.04. The van der Waals surface area contributed by atoms with Crippen molar-refractivity contribution in [2.45, 2.75) is 6.92 Å². The smallest absolute Gasteiger partial charge is 0.328 e. The predicted molar refractivity (Wildman–Crippen MR) is 72.7 cm³/mol. The Balaban J connectivity index is 2.33. The number of aryl methyl sites for hydroxylation is 1. The minimum atomic E-state index is -0.950. The second-order valence-corrected chi connectivity index (χ2v) is 4.73. The molecule has 0 aliphatic rings. The third kappa shape index (κ3) is 2.87. The van der Waals surface area contributed by atoms with Gasteiger partial charge >= 0.3 is 5.97 Å². The molecule has 18 heavy (non-hydrogen) atoms. The van der Waals surface area contributed by atoms with Crippen LogP contribution in [-0.2, 0) is 4.79 Å². The summed E-state index contributed by atoms with van der Waals surface area (Å²) in [6.07, 6.45) is 6.29. The van der Waals surface area contributed by atoms with E-state index in [1.807, 2.05) is 31.3 Å². The summed E-state index contributed by atoms with van der Waals surface area (Å²) in [7, 11) is 0. The number of carbonyl (C=O) groups is 1. The summed E-state index contributed by atoms with van der Waals surface area (Å²) < 4.78 is 2.66. The first-order valence-corrected chi connectivity index (χ1v) is 6.08. The third-order valence-electron chi connectivity index (χ3n) is 2.47. The Hall–Kier alpha value is -1.88. The minimum absolute atomic E-state index is 0.882. The molecule has 1 aromatic heterocycles. The quantitative estimate of drug-likeness (QED) is 0.887. The van der Waals surface area contributed by atoms with Crippen LogP contribution >= 0.6 is 15.9 Å². The second-order valence-electron chi connectivity index (χ2n) is 3.82. The molecule has 0 saturated heterocycles. The fourth-order valence-corrected chi connectivity index (χ4v) is 1.88. The Kier molecular flexibility index (Phi) is 3.62. The average Bonchev–Trinajstić information content (AvgIpc) is 2.74. The molecule has 0 aliphatic carbocycles. The molecule has 2 aromatic rings. The summed E-state index contributed by atoms with van der Waals surface area (Å²) in [5.41, 5.74) is 2.81. The van der Waals surface area contributed by atoms with Gasteiger partial charge in [0.25, 0.3) is 0 Å². The average molecular weight is 307 g/mol. The fraction of sp³-hybridized carbons (Fsp3) is 0.0769. The normalized spacial score (nSPS) is 11.0. The van der Waals surface area contributed by atoms with Gasteiger partial charge in [-0.2, -0.15) is 5.10 Å². The molecule has 5 heteroatoms. The highest BCUT2D eigenvalue weighted by atomic mass is 79.9. The van der Waals surface area contributed by atoms with Gasteiger partial charge in [-0.15, -0.1) is 0 Å². The van der Waals surface area contributed by atoms with Crippen LogP contribution in [0.4, 0.5) is 0 Å². The fourth-order valence-electron chi connectivity index (χ4n) is 1.59. The Morgan fingerprint density at radius 2 is 2.28 bits per heavy atom. The van der Waals surface area contributed by atoms with Gasteiger partial charge in [-0.05, 0) is 52.2 Å². The largest absolute Gasteiger partial charge is 0.478 e. The van der Waals surface area contributed by atoms with Crippen LogP contribution in [0, 0.1) is 6.92 Å². The van der Waals surface area contributed by atoms with E-state index >= 15 is 0 Å². The molecule has 0 atom stereocenters. The van der Waals surface area contributed by atoms with E-state index in [1.54, 1.807) is 17.0 Å². The van der Waals surface area contributed by atoms with Crippen LogP contribution in [0.15, 0.2) is 41.1 Å². The first kappa shape index (κ1) is 12.6. The lowest BCUT2D eigenvalue weighted by Gasteiger charge is -2.05. The molecule has 0 spiro atoms. The molecule has 0 radical (unpaired) electrons. The first-order chi connectivity index (χ1) is 8.56. The highest BCUT2D eigenvalue weighted by molar-refractivity contribution is 9.10. The van der Waals surface area contributed by atoms with Crippen LogP contribution in [0.2, 0.25) is 0 Å². The third-order valence-corrected chi connectivity index (χ3v) is 2.88. The molecule has 2 rings (SSSR count). The monoisotopic (exact) mass is 306 g/mol. The van der Waals surface area contributed by atoms with Crippen molar-refractivity contribution in [3.8, 4) is 5.69 Å². The Labute approximate surface area is 113 Å². The summed E-state index contributed by atoms with van der Waals surface area (Å²) in [4.78, 5) is 10.5. The zero-order valence-corrected chi connectivity index (χ0v) is 11.3. The van der Waals surface area contributed by atoms with Crippen LogP contribution in [-0.4, -0.2) is 20.9 Å². The molecule has 1 aromatic carbocycles. The van der Waals surface area contributed by atoms with Gasteiger partial charge in [0.2, 0.25) is 0 Å². The molecular formula is C13H11BrN2O2. The van der Waals surface area contributed by atoms with Gasteiger partial charge in [0.05, 0.1) is 16.4 Å². The molecule has 0 saturated carbocycles. The number of carboxylic acid groups (broad SMARTS) is 1. The molecule has 0 fully saturated rings. The molecule has 0 amide bonds. The van der Waals surface area contributed by atoms with Crippen molar-refractivity contribution < 1.29 is 9.90 Å². The lowest BCUT2D eigenvalue weighted by Crippen LogP contribution is -1.95. The zero-order chi connectivity index (χ0) is 13.1. The van der Waals surface area contributed by atoms with E-state index in [9.17, 15) is 4.79 Å². The number of aliphatic carboxylic acids is 1. The molecule has 0 bridgehead atoms. The van der Waals surface area contributed by atoms with Gasteiger partial charge in [0, 0.05) is 12.3 Å². The van der Waals surface area contributed by atoms with Gasteiger partial charge in [0.15, 0.2) is 0 Å². The topological polar surface area (TPSA) is 55.1 Å². The van der Waals surface area contributed by atoms with Gasteiger partial charge < -0.3 is 5.11 Å². The van der Waals surface area contributed by atoms with Crippen LogP contribution in [0.5, 0.6) is 0 Å². The number of carboxylic acids is 1. The number of rotatable bonds is 3. The summed E-state index contributed by atoms with van der Waals surface area (Å²) in [6.45, 7) is 1.93. The Morgan fingerprint density at radius 3 is 2.83 bits per heavy atom. The van der Waals surface area contributed by atoms with E-state index in [0.29, 0.717) is 0 Å². The molecule has 0 unspecified atom stereocenters. The van der Waals surface area contributed by atoms with Crippen LogP contribution < -0.4 is 0 Å². The number of nitrogens with zero attached hydrogens (tertiary/aromatic N) is 2. The number of halogens is 1. The van der Waals surface area contributed by atoms with Gasteiger partial charge in [0.1, 0.15) is 0 Å². The van der Waals surface area contributed by atoms with Crippen molar-refractivity contribution in [3.05, 3.63) is 52.3 Å².